The molecule has 1 aliphatic rings. The summed E-state index contributed by atoms with van der Waals surface area (Å²) in [5.74, 6) is -3.11. The van der Waals surface area contributed by atoms with Gasteiger partial charge in [0.2, 0.25) is 5.91 Å². The maximum absolute atomic E-state index is 13.8. The van der Waals surface area contributed by atoms with Crippen molar-refractivity contribution in [1.82, 2.24) is 5.32 Å². The molecule has 0 saturated carbocycles. The van der Waals surface area contributed by atoms with Gasteiger partial charge in [0.1, 0.15) is 24.2 Å². The van der Waals surface area contributed by atoms with Crippen LogP contribution in [-0.4, -0.2) is 48.2 Å². The Morgan fingerprint density at radius 3 is 2.55 bits per heavy atom. The van der Waals surface area contributed by atoms with Crippen molar-refractivity contribution in [3.05, 3.63) is 65.2 Å². The number of nitrogens with zero attached hydrogens (tertiary/aromatic N) is 1. The van der Waals surface area contributed by atoms with E-state index in [-0.39, 0.29) is 25.3 Å². The Bertz CT molecular complexity index is 1010. The van der Waals surface area contributed by atoms with E-state index < -0.39 is 42.3 Å². The SMILES string of the molecule is CCOC(=O)C(CCc1ccc(F)cc1)NC1CCc2cc(F)ccc2N(CC(=O)O)C1=O. The normalized spacial score (nSPS) is 16.6. The Kier molecular flexibility index (Phi) is 8.11. The topological polar surface area (TPSA) is 95.9 Å². The van der Waals surface area contributed by atoms with E-state index in [4.69, 9.17) is 4.74 Å². The number of halogens is 2. The number of nitrogens with one attached hydrogen (secondary N) is 1. The predicted octanol–water partition coefficient (Wildman–Crippen LogP) is 2.85. The van der Waals surface area contributed by atoms with Crippen LogP contribution >= 0.6 is 0 Å². The zero-order valence-electron chi connectivity index (χ0n) is 18.2. The molecule has 2 aromatic carbocycles. The van der Waals surface area contributed by atoms with Crippen molar-refractivity contribution in [2.45, 2.75) is 44.7 Å². The zero-order valence-corrected chi connectivity index (χ0v) is 18.2. The minimum Gasteiger partial charge on any atom is -0.480 e. The Hall–Kier alpha value is -3.33. The maximum atomic E-state index is 13.8. The van der Waals surface area contributed by atoms with Gasteiger partial charge in [0, 0.05) is 5.69 Å². The number of benzene rings is 2. The van der Waals surface area contributed by atoms with E-state index in [0.717, 1.165) is 10.5 Å². The number of aryl methyl sites for hydroxylation is 2. The number of fused-ring (bicyclic) bond motifs is 1. The molecule has 0 saturated heterocycles. The molecular weight excluding hydrogens is 434 g/mol. The van der Waals surface area contributed by atoms with Crippen LogP contribution in [0.5, 0.6) is 0 Å². The Morgan fingerprint density at radius 1 is 1.18 bits per heavy atom. The summed E-state index contributed by atoms with van der Waals surface area (Å²) in [5, 5.41) is 12.4. The number of carboxylic acids is 1. The van der Waals surface area contributed by atoms with Gasteiger partial charge in [-0.3, -0.25) is 24.6 Å². The van der Waals surface area contributed by atoms with Gasteiger partial charge in [-0.25, -0.2) is 8.78 Å². The first-order chi connectivity index (χ1) is 15.8. The van der Waals surface area contributed by atoms with E-state index in [9.17, 15) is 28.3 Å². The number of aliphatic carboxylic acids is 1. The van der Waals surface area contributed by atoms with Gasteiger partial charge >= 0.3 is 11.9 Å². The lowest BCUT2D eigenvalue weighted by Gasteiger charge is -2.27. The molecule has 9 heteroatoms. The van der Waals surface area contributed by atoms with Crippen molar-refractivity contribution >= 4 is 23.5 Å². The van der Waals surface area contributed by atoms with E-state index in [0.29, 0.717) is 24.1 Å². The van der Waals surface area contributed by atoms with Gasteiger partial charge in [0.25, 0.3) is 0 Å². The average Bonchev–Trinajstić information content (AvgIpc) is 2.89. The molecule has 7 nitrogen and oxygen atoms in total. The van der Waals surface area contributed by atoms with Gasteiger partial charge in [-0.1, -0.05) is 12.1 Å². The number of hydrogen-bond acceptors (Lipinski definition) is 5. The maximum Gasteiger partial charge on any atom is 0.323 e. The molecule has 2 atom stereocenters. The van der Waals surface area contributed by atoms with Gasteiger partial charge < -0.3 is 9.84 Å². The van der Waals surface area contributed by atoms with Crippen LogP contribution < -0.4 is 10.2 Å². The third-order valence-corrected chi connectivity index (χ3v) is 5.50. The predicted molar refractivity (Wildman–Crippen MR) is 117 cm³/mol. The van der Waals surface area contributed by atoms with Crippen LogP contribution in [-0.2, 0) is 32.0 Å². The second-order valence-electron chi connectivity index (χ2n) is 7.82. The third kappa shape index (κ3) is 6.35. The lowest BCUT2D eigenvalue weighted by molar-refractivity contribution is -0.146. The van der Waals surface area contributed by atoms with E-state index in [1.807, 2.05) is 0 Å². The Morgan fingerprint density at radius 2 is 1.88 bits per heavy atom. The largest absolute Gasteiger partial charge is 0.480 e. The van der Waals surface area contributed by atoms with Crippen molar-refractivity contribution in [3.63, 3.8) is 0 Å². The molecule has 2 aromatic rings. The highest BCUT2D eigenvalue weighted by Crippen LogP contribution is 2.28. The first-order valence-electron chi connectivity index (χ1n) is 10.8. The van der Waals surface area contributed by atoms with Gasteiger partial charge in [0.15, 0.2) is 0 Å². The highest BCUT2D eigenvalue weighted by Gasteiger charge is 2.34. The average molecular weight is 460 g/mol. The highest BCUT2D eigenvalue weighted by molar-refractivity contribution is 6.02. The van der Waals surface area contributed by atoms with E-state index in [1.54, 1.807) is 19.1 Å². The summed E-state index contributed by atoms with van der Waals surface area (Å²) in [4.78, 5) is 38.4. The monoisotopic (exact) mass is 460 g/mol. The molecule has 0 bridgehead atoms. The number of hydrogen-bond donors (Lipinski definition) is 2. The number of ether oxygens (including phenoxy) is 1. The van der Waals surface area contributed by atoms with Crippen LogP contribution in [0.2, 0.25) is 0 Å². The van der Waals surface area contributed by atoms with E-state index in [2.05, 4.69) is 5.32 Å². The van der Waals surface area contributed by atoms with Crippen LogP contribution in [0.25, 0.3) is 0 Å². The van der Waals surface area contributed by atoms with Crippen molar-refractivity contribution < 1.29 is 33.0 Å². The lowest BCUT2D eigenvalue weighted by atomic mass is 10.0. The Labute approximate surface area is 190 Å². The summed E-state index contributed by atoms with van der Waals surface area (Å²) in [6.45, 7) is 1.24. The second kappa shape index (κ2) is 11.0. The van der Waals surface area contributed by atoms with Crippen molar-refractivity contribution in [3.8, 4) is 0 Å². The van der Waals surface area contributed by atoms with Crippen LogP contribution in [0.4, 0.5) is 14.5 Å². The molecule has 3 rings (SSSR count). The third-order valence-electron chi connectivity index (χ3n) is 5.50. The molecule has 0 aliphatic carbocycles. The molecule has 0 fully saturated rings. The molecule has 0 aromatic heterocycles. The van der Waals surface area contributed by atoms with Gasteiger partial charge in [-0.2, -0.15) is 0 Å². The van der Waals surface area contributed by atoms with Crippen molar-refractivity contribution in [1.29, 1.82) is 0 Å². The number of amides is 1. The molecule has 2 N–H and O–H groups in total. The van der Waals surface area contributed by atoms with Gasteiger partial charge in [-0.15, -0.1) is 0 Å². The molecular formula is C24H26F2N2O5. The van der Waals surface area contributed by atoms with Gasteiger partial charge in [0.05, 0.1) is 12.6 Å². The fourth-order valence-electron chi connectivity index (χ4n) is 3.92. The molecule has 2 unspecified atom stereocenters. The fourth-order valence-corrected chi connectivity index (χ4v) is 3.92. The number of anilines is 1. The quantitative estimate of drug-likeness (QED) is 0.559. The van der Waals surface area contributed by atoms with Crippen LogP contribution in [0.1, 0.15) is 30.9 Å². The smallest absolute Gasteiger partial charge is 0.323 e. The molecule has 33 heavy (non-hydrogen) atoms. The first-order valence-corrected chi connectivity index (χ1v) is 10.8. The summed E-state index contributed by atoms with van der Waals surface area (Å²) in [5.41, 5.74) is 1.68. The zero-order chi connectivity index (χ0) is 24.0. The number of esters is 1. The molecule has 1 amide bonds. The van der Waals surface area contributed by atoms with Gasteiger partial charge in [-0.05, 0) is 74.1 Å². The highest BCUT2D eigenvalue weighted by atomic mass is 19.1. The fraction of sp³-hybridized carbons (Fsp3) is 0.375. The van der Waals surface area contributed by atoms with Crippen LogP contribution in [0.3, 0.4) is 0 Å². The summed E-state index contributed by atoms with van der Waals surface area (Å²) in [6, 6.07) is 8.05. The summed E-state index contributed by atoms with van der Waals surface area (Å²) < 4.78 is 32.1. The summed E-state index contributed by atoms with van der Waals surface area (Å²) in [6.07, 6.45) is 1.29. The number of carboxylic acid groups (broad SMARTS) is 1. The lowest BCUT2D eigenvalue weighted by Crippen LogP contribution is -2.53. The second-order valence-corrected chi connectivity index (χ2v) is 7.82. The standard InChI is InChI=1S/C24H26F2N2O5/c1-2-33-24(32)20(10-5-15-3-7-17(25)8-4-15)27-19-11-6-16-13-18(26)9-12-21(16)28(23(19)31)14-22(29)30/h3-4,7-9,12-13,19-20,27H,2,5-6,10-11,14H2,1H3,(H,29,30). The minimum absolute atomic E-state index is 0.155. The molecule has 0 radical (unpaired) electrons. The summed E-state index contributed by atoms with van der Waals surface area (Å²) in [7, 11) is 0. The number of carbonyl (C=O) groups is 3. The van der Waals surface area contributed by atoms with E-state index >= 15 is 0 Å². The first kappa shape index (κ1) is 24.3. The Balaban J connectivity index is 1.81. The molecule has 176 valence electrons. The van der Waals surface area contributed by atoms with Crippen molar-refractivity contribution in [2.75, 3.05) is 18.1 Å². The van der Waals surface area contributed by atoms with Crippen LogP contribution in [0.15, 0.2) is 42.5 Å². The molecule has 1 aliphatic heterocycles. The number of carbonyl (C=O) groups excluding carboxylic acids is 2. The van der Waals surface area contributed by atoms with Crippen molar-refractivity contribution in [2.24, 2.45) is 0 Å². The van der Waals surface area contributed by atoms with E-state index in [1.165, 1.54) is 30.3 Å². The van der Waals surface area contributed by atoms with Crippen LogP contribution in [0, 0.1) is 11.6 Å². The number of rotatable bonds is 9. The minimum atomic E-state index is -1.21. The summed E-state index contributed by atoms with van der Waals surface area (Å²) >= 11 is 0. The molecule has 0 spiro atoms. The molecule has 1 heterocycles.